The number of nitrogens with zero attached hydrogens (tertiary/aromatic N) is 2. The van der Waals surface area contributed by atoms with E-state index in [0.717, 1.165) is 5.56 Å². The van der Waals surface area contributed by atoms with Crippen LogP contribution in [0.1, 0.15) is 11.4 Å². The van der Waals surface area contributed by atoms with Crippen molar-refractivity contribution < 1.29 is 8.42 Å². The van der Waals surface area contributed by atoms with Crippen molar-refractivity contribution in [3.63, 3.8) is 0 Å². The smallest absolute Gasteiger partial charge is 0.240 e. The number of aromatic nitrogens is 3. The van der Waals surface area contributed by atoms with E-state index < -0.39 is 10.0 Å². The minimum atomic E-state index is -3.50. The summed E-state index contributed by atoms with van der Waals surface area (Å²) in [5.41, 5.74) is 7.67. The Kier molecular flexibility index (Phi) is 5.19. The fraction of sp³-hybridized carbons (Fsp3) is 0.125. The van der Waals surface area contributed by atoms with Crippen molar-refractivity contribution in [1.29, 1.82) is 0 Å². The predicted octanol–water partition coefficient (Wildman–Crippen LogP) is 2.86. The lowest BCUT2D eigenvalue weighted by atomic mass is 10.0. The fourth-order valence-corrected chi connectivity index (χ4v) is 3.99. The Balaban J connectivity index is 1.93. The van der Waals surface area contributed by atoms with E-state index in [2.05, 4.69) is 19.9 Å². The van der Waals surface area contributed by atoms with Crippen LogP contribution in [0, 0.1) is 0 Å². The Labute approximate surface area is 160 Å². The molecular weight excluding hydrogens is 397 g/mol. The van der Waals surface area contributed by atoms with Crippen LogP contribution in [0.2, 0.25) is 10.0 Å². The fourth-order valence-electron chi connectivity index (χ4n) is 2.50. The zero-order valence-electron chi connectivity index (χ0n) is 13.6. The topological polar surface area (TPSA) is 114 Å². The zero-order valence-corrected chi connectivity index (χ0v) is 16.0. The average Bonchev–Trinajstić information content (AvgIpc) is 2.99. The summed E-state index contributed by atoms with van der Waals surface area (Å²) in [4.78, 5) is 4.21. The van der Waals surface area contributed by atoms with Gasteiger partial charge in [-0.15, -0.1) is 5.10 Å². The number of sulfonamides is 1. The van der Waals surface area contributed by atoms with Gasteiger partial charge in [0.1, 0.15) is 5.82 Å². The van der Waals surface area contributed by atoms with E-state index in [-0.39, 0.29) is 10.8 Å². The van der Waals surface area contributed by atoms with Crippen LogP contribution < -0.4 is 10.5 Å². The summed E-state index contributed by atoms with van der Waals surface area (Å²) in [6.45, 7) is 0. The number of benzene rings is 2. The number of rotatable bonds is 5. The second kappa shape index (κ2) is 7.24. The Morgan fingerprint density at radius 3 is 2.27 bits per heavy atom. The Morgan fingerprint density at radius 2 is 1.77 bits per heavy atom. The summed E-state index contributed by atoms with van der Waals surface area (Å²) in [6.07, 6.45) is 0.448. The van der Waals surface area contributed by atoms with E-state index in [4.69, 9.17) is 28.9 Å². The van der Waals surface area contributed by atoms with Crippen molar-refractivity contribution >= 4 is 39.2 Å². The Hall–Kier alpha value is -2.13. The molecule has 0 bridgehead atoms. The molecule has 1 aromatic heterocycles. The molecule has 26 heavy (non-hydrogen) atoms. The zero-order chi connectivity index (χ0) is 18.9. The summed E-state index contributed by atoms with van der Waals surface area (Å²) in [5, 5.41) is 7.41. The molecule has 0 saturated heterocycles. The molecule has 4 N–H and O–H groups in total. The van der Waals surface area contributed by atoms with Crippen molar-refractivity contribution in [2.75, 3.05) is 12.8 Å². The molecule has 7 nitrogen and oxygen atoms in total. The SMILES string of the molecule is CNS(=O)(=O)c1ccc(-c2c(Cl)cc(Cc3nc(N)n[nH]3)cc2Cl)cc1. The van der Waals surface area contributed by atoms with Gasteiger partial charge in [-0.1, -0.05) is 35.3 Å². The standard InChI is InChI=1S/C16H15Cl2N5O2S/c1-20-26(24,25)11-4-2-10(3-5-11)15-12(17)6-9(7-13(15)18)8-14-21-16(19)23-22-14/h2-7,20H,8H2,1H3,(H3,19,21,22,23). The quantitative estimate of drug-likeness (QED) is 0.596. The Morgan fingerprint density at radius 1 is 1.15 bits per heavy atom. The molecule has 0 amide bonds. The molecule has 0 aliphatic rings. The molecule has 1 heterocycles. The molecule has 136 valence electrons. The first kappa shape index (κ1) is 18.7. The van der Waals surface area contributed by atoms with Crippen LogP contribution >= 0.6 is 23.2 Å². The van der Waals surface area contributed by atoms with Gasteiger partial charge in [0.15, 0.2) is 0 Å². The summed E-state index contributed by atoms with van der Waals surface area (Å²) in [6, 6.07) is 9.87. The maximum absolute atomic E-state index is 11.8. The van der Waals surface area contributed by atoms with E-state index >= 15 is 0 Å². The van der Waals surface area contributed by atoms with Gasteiger partial charge in [-0.2, -0.15) is 4.98 Å². The Bertz CT molecular complexity index is 1030. The highest BCUT2D eigenvalue weighted by Gasteiger charge is 2.15. The molecule has 0 aliphatic carbocycles. The maximum atomic E-state index is 11.8. The number of H-pyrrole nitrogens is 1. The lowest BCUT2D eigenvalue weighted by Gasteiger charge is -2.11. The van der Waals surface area contributed by atoms with Crippen molar-refractivity contribution in [2.24, 2.45) is 0 Å². The first-order chi connectivity index (χ1) is 12.3. The van der Waals surface area contributed by atoms with Crippen LogP contribution in [-0.2, 0) is 16.4 Å². The number of anilines is 1. The molecule has 3 rings (SSSR count). The summed E-state index contributed by atoms with van der Waals surface area (Å²) in [5.74, 6) is 0.773. The summed E-state index contributed by atoms with van der Waals surface area (Å²) < 4.78 is 25.9. The predicted molar refractivity (Wildman–Crippen MR) is 102 cm³/mol. The van der Waals surface area contributed by atoms with Crippen LogP contribution in [0.15, 0.2) is 41.3 Å². The van der Waals surface area contributed by atoms with Crippen molar-refractivity contribution in [1.82, 2.24) is 19.9 Å². The van der Waals surface area contributed by atoms with Crippen LogP contribution in [-0.4, -0.2) is 30.6 Å². The van der Waals surface area contributed by atoms with E-state index in [1.165, 1.54) is 19.2 Å². The number of nitrogen functional groups attached to an aromatic ring is 1. The molecule has 3 aromatic rings. The monoisotopic (exact) mass is 411 g/mol. The summed E-state index contributed by atoms with van der Waals surface area (Å²) >= 11 is 12.8. The molecule has 0 fully saturated rings. The third-order valence-electron chi connectivity index (χ3n) is 3.74. The second-order valence-corrected chi connectivity index (χ2v) is 8.18. The van der Waals surface area contributed by atoms with Crippen LogP contribution in [0.3, 0.4) is 0 Å². The number of hydrogen-bond donors (Lipinski definition) is 3. The van der Waals surface area contributed by atoms with Gasteiger partial charge >= 0.3 is 0 Å². The van der Waals surface area contributed by atoms with Crippen LogP contribution in [0.4, 0.5) is 5.95 Å². The number of aromatic amines is 1. The molecular formula is C16H15Cl2N5O2S. The van der Waals surface area contributed by atoms with Gasteiger partial charge < -0.3 is 5.73 Å². The highest BCUT2D eigenvalue weighted by Crippen LogP contribution is 2.36. The molecule has 0 radical (unpaired) electrons. The minimum absolute atomic E-state index is 0.163. The van der Waals surface area contributed by atoms with E-state index in [9.17, 15) is 8.42 Å². The third-order valence-corrected chi connectivity index (χ3v) is 5.77. The van der Waals surface area contributed by atoms with Gasteiger partial charge in [-0.05, 0) is 42.4 Å². The van der Waals surface area contributed by atoms with E-state index in [1.807, 2.05) is 0 Å². The first-order valence-corrected chi connectivity index (χ1v) is 9.72. The van der Waals surface area contributed by atoms with Gasteiger partial charge in [0.25, 0.3) is 0 Å². The van der Waals surface area contributed by atoms with Gasteiger partial charge in [0.05, 0.1) is 14.9 Å². The number of nitrogens with two attached hydrogens (primary N) is 1. The van der Waals surface area contributed by atoms with Crippen LogP contribution in [0.5, 0.6) is 0 Å². The summed E-state index contributed by atoms with van der Waals surface area (Å²) in [7, 11) is -2.14. The van der Waals surface area contributed by atoms with Crippen molar-refractivity contribution in [3.8, 4) is 11.1 Å². The average molecular weight is 412 g/mol. The highest BCUT2D eigenvalue weighted by molar-refractivity contribution is 7.89. The molecule has 0 aliphatic heterocycles. The number of hydrogen-bond acceptors (Lipinski definition) is 5. The third kappa shape index (κ3) is 3.83. The van der Waals surface area contributed by atoms with E-state index in [0.29, 0.717) is 33.4 Å². The lowest BCUT2D eigenvalue weighted by molar-refractivity contribution is 0.588. The van der Waals surface area contributed by atoms with Gasteiger partial charge in [0.2, 0.25) is 16.0 Å². The minimum Gasteiger partial charge on any atom is -0.367 e. The molecule has 10 heteroatoms. The highest BCUT2D eigenvalue weighted by atomic mass is 35.5. The number of nitrogens with one attached hydrogen (secondary N) is 2. The molecule has 0 spiro atoms. The van der Waals surface area contributed by atoms with Gasteiger partial charge in [-0.3, -0.25) is 5.10 Å². The largest absolute Gasteiger partial charge is 0.367 e. The maximum Gasteiger partial charge on any atom is 0.240 e. The second-order valence-electron chi connectivity index (χ2n) is 5.48. The normalized spacial score (nSPS) is 11.7. The van der Waals surface area contributed by atoms with Gasteiger partial charge in [-0.25, -0.2) is 13.1 Å². The first-order valence-electron chi connectivity index (χ1n) is 7.49. The molecule has 2 aromatic carbocycles. The van der Waals surface area contributed by atoms with Crippen molar-refractivity contribution in [3.05, 3.63) is 57.8 Å². The molecule has 0 atom stereocenters. The number of halogens is 2. The molecule has 0 saturated carbocycles. The van der Waals surface area contributed by atoms with Crippen molar-refractivity contribution in [2.45, 2.75) is 11.3 Å². The van der Waals surface area contributed by atoms with Gasteiger partial charge in [0, 0.05) is 12.0 Å². The van der Waals surface area contributed by atoms with Crippen LogP contribution in [0.25, 0.3) is 11.1 Å². The van der Waals surface area contributed by atoms with E-state index in [1.54, 1.807) is 24.3 Å². The molecule has 0 unspecified atom stereocenters. The lowest BCUT2D eigenvalue weighted by Crippen LogP contribution is -2.18.